The summed E-state index contributed by atoms with van der Waals surface area (Å²) in [6, 6.07) is 0. The zero-order valence-electron chi connectivity index (χ0n) is 11.2. The average molecular weight is 252 g/mol. The zero-order chi connectivity index (χ0) is 12.1. The van der Waals surface area contributed by atoms with Crippen molar-refractivity contribution in [1.82, 2.24) is 0 Å². The van der Waals surface area contributed by atoms with E-state index in [0.717, 1.165) is 18.6 Å². The van der Waals surface area contributed by atoms with E-state index in [9.17, 15) is 9.90 Å². The number of hydrogen-bond acceptors (Lipinski definition) is 3. The first-order chi connectivity index (χ1) is 7.77. The molecule has 0 atom stereocenters. The van der Waals surface area contributed by atoms with E-state index in [2.05, 4.69) is 12.6 Å². The van der Waals surface area contributed by atoms with Gasteiger partial charge in [-0.1, -0.05) is 51.4 Å². The van der Waals surface area contributed by atoms with E-state index in [-0.39, 0.29) is 25.3 Å². The number of rotatable bonds is 12. The molecular formula is C13H25LiO2S. The second kappa shape index (κ2) is 16.4. The van der Waals surface area contributed by atoms with Crippen LogP contribution in [0.25, 0.3) is 0 Å². The first-order valence-electron chi connectivity index (χ1n) is 6.58. The van der Waals surface area contributed by atoms with Crippen LogP contribution in [0.1, 0.15) is 70.6 Å². The van der Waals surface area contributed by atoms with Gasteiger partial charge in [0, 0.05) is 5.97 Å². The van der Waals surface area contributed by atoms with Gasteiger partial charge in [0.1, 0.15) is 0 Å². The molecule has 0 saturated carbocycles. The molecular weight excluding hydrogens is 227 g/mol. The molecule has 0 bridgehead atoms. The monoisotopic (exact) mass is 252 g/mol. The van der Waals surface area contributed by atoms with Crippen molar-refractivity contribution < 1.29 is 28.8 Å². The van der Waals surface area contributed by atoms with Gasteiger partial charge in [-0.3, -0.25) is 0 Å². The van der Waals surface area contributed by atoms with Gasteiger partial charge in [-0.15, -0.1) is 0 Å². The fraction of sp³-hybridized carbons (Fsp3) is 0.923. The SMILES string of the molecule is O=C([O-])CCCCCCCCCCCCS.[Li+]. The molecule has 0 aliphatic heterocycles. The van der Waals surface area contributed by atoms with Crippen molar-refractivity contribution in [2.24, 2.45) is 0 Å². The van der Waals surface area contributed by atoms with Crippen LogP contribution in [0, 0.1) is 0 Å². The third-order valence-electron chi connectivity index (χ3n) is 2.79. The Hall–Kier alpha value is 0.417. The number of carbonyl (C=O) groups is 1. The van der Waals surface area contributed by atoms with E-state index in [1.165, 1.54) is 51.4 Å². The molecule has 0 aromatic rings. The Morgan fingerprint density at radius 2 is 1.12 bits per heavy atom. The molecule has 0 aromatic heterocycles. The van der Waals surface area contributed by atoms with E-state index in [1.807, 2.05) is 0 Å². The third kappa shape index (κ3) is 19.0. The molecule has 0 amide bonds. The molecule has 17 heavy (non-hydrogen) atoms. The summed E-state index contributed by atoms with van der Waals surface area (Å²) in [7, 11) is 0. The maximum absolute atomic E-state index is 10.1. The standard InChI is InChI=1S/C13H26O2S.Li/c14-13(15)11-9-7-5-3-1-2-4-6-8-10-12-16;/h16H,1-12H2,(H,14,15);/q;+1/p-1. The normalized spacial score (nSPS) is 9.94. The second-order valence-corrected chi connectivity index (χ2v) is 4.83. The molecule has 0 fully saturated rings. The summed E-state index contributed by atoms with van der Waals surface area (Å²) in [6.07, 6.45) is 12.3. The number of carboxylic acid groups (broad SMARTS) is 1. The van der Waals surface area contributed by atoms with Crippen molar-refractivity contribution in [3.63, 3.8) is 0 Å². The van der Waals surface area contributed by atoms with Crippen molar-refractivity contribution in [2.45, 2.75) is 70.6 Å². The summed E-state index contributed by atoms with van der Waals surface area (Å²) >= 11 is 4.18. The Morgan fingerprint density at radius 1 is 0.765 bits per heavy atom. The molecule has 96 valence electrons. The summed E-state index contributed by atoms with van der Waals surface area (Å²) in [5, 5.41) is 10.1. The molecule has 0 radical (unpaired) electrons. The van der Waals surface area contributed by atoms with Gasteiger partial charge >= 0.3 is 18.9 Å². The van der Waals surface area contributed by atoms with Gasteiger partial charge in [0.2, 0.25) is 0 Å². The van der Waals surface area contributed by atoms with Gasteiger partial charge in [0.05, 0.1) is 0 Å². The Kier molecular flexibility index (Phi) is 19.1. The van der Waals surface area contributed by atoms with Gasteiger partial charge in [0.15, 0.2) is 0 Å². The summed E-state index contributed by atoms with van der Waals surface area (Å²) < 4.78 is 0. The van der Waals surface area contributed by atoms with Crippen LogP contribution in [0.3, 0.4) is 0 Å². The average Bonchev–Trinajstić information content (AvgIpc) is 2.25. The van der Waals surface area contributed by atoms with Crippen LogP contribution in [0.2, 0.25) is 0 Å². The van der Waals surface area contributed by atoms with E-state index < -0.39 is 5.97 Å². The molecule has 0 saturated heterocycles. The number of hydrogen-bond donors (Lipinski definition) is 1. The zero-order valence-corrected chi connectivity index (χ0v) is 12.1. The third-order valence-corrected chi connectivity index (χ3v) is 3.11. The van der Waals surface area contributed by atoms with Crippen LogP contribution in [0.5, 0.6) is 0 Å². The maximum atomic E-state index is 10.1. The van der Waals surface area contributed by atoms with Crippen LogP contribution in [-0.2, 0) is 4.79 Å². The Balaban J connectivity index is 0. The number of unbranched alkanes of at least 4 members (excludes halogenated alkanes) is 9. The quantitative estimate of drug-likeness (QED) is 0.301. The summed E-state index contributed by atoms with van der Waals surface area (Å²) in [5.41, 5.74) is 0. The Bertz CT molecular complexity index is 165. The summed E-state index contributed by atoms with van der Waals surface area (Å²) in [4.78, 5) is 10.1. The Morgan fingerprint density at radius 3 is 1.47 bits per heavy atom. The van der Waals surface area contributed by atoms with Crippen LogP contribution >= 0.6 is 12.6 Å². The molecule has 0 aliphatic carbocycles. The van der Waals surface area contributed by atoms with Crippen LogP contribution in [0.15, 0.2) is 0 Å². The van der Waals surface area contributed by atoms with Crippen LogP contribution in [0.4, 0.5) is 0 Å². The molecule has 0 unspecified atom stereocenters. The molecule has 0 spiro atoms. The minimum absolute atomic E-state index is 0. The van der Waals surface area contributed by atoms with Crippen molar-refractivity contribution in [1.29, 1.82) is 0 Å². The van der Waals surface area contributed by atoms with E-state index in [0.29, 0.717) is 0 Å². The Labute approximate surface area is 124 Å². The first kappa shape index (κ1) is 19.8. The van der Waals surface area contributed by atoms with E-state index >= 15 is 0 Å². The molecule has 0 heterocycles. The first-order valence-corrected chi connectivity index (χ1v) is 7.21. The molecule has 0 rings (SSSR count). The van der Waals surface area contributed by atoms with Gasteiger partial charge in [-0.05, 0) is 25.0 Å². The van der Waals surface area contributed by atoms with E-state index in [4.69, 9.17) is 0 Å². The van der Waals surface area contributed by atoms with Crippen molar-refractivity contribution in [3.05, 3.63) is 0 Å². The minimum atomic E-state index is -0.913. The van der Waals surface area contributed by atoms with Crippen molar-refractivity contribution in [2.75, 3.05) is 5.75 Å². The second-order valence-electron chi connectivity index (χ2n) is 4.38. The fourth-order valence-electron chi connectivity index (χ4n) is 1.80. The van der Waals surface area contributed by atoms with Crippen molar-refractivity contribution >= 4 is 18.6 Å². The van der Waals surface area contributed by atoms with Crippen molar-refractivity contribution in [3.8, 4) is 0 Å². The van der Waals surface area contributed by atoms with Crippen LogP contribution < -0.4 is 24.0 Å². The largest absolute Gasteiger partial charge is 1.00 e. The molecule has 0 N–H and O–H groups in total. The molecule has 2 nitrogen and oxygen atoms in total. The molecule has 0 aromatic carbocycles. The predicted octanol–water partition coefficient (Wildman–Crippen LogP) is -0.0388. The number of aliphatic carboxylic acids is 1. The number of carbonyl (C=O) groups excluding carboxylic acids is 1. The fourth-order valence-corrected chi connectivity index (χ4v) is 2.02. The van der Waals surface area contributed by atoms with E-state index in [1.54, 1.807) is 0 Å². The smallest absolute Gasteiger partial charge is 0.550 e. The van der Waals surface area contributed by atoms with Crippen LogP contribution in [-0.4, -0.2) is 11.7 Å². The summed E-state index contributed by atoms with van der Waals surface area (Å²) in [5.74, 6) is 0.0995. The van der Waals surface area contributed by atoms with Gasteiger partial charge in [0.25, 0.3) is 0 Å². The molecule has 4 heteroatoms. The number of carboxylic acids is 1. The maximum Gasteiger partial charge on any atom is 1.00 e. The van der Waals surface area contributed by atoms with Gasteiger partial charge in [-0.25, -0.2) is 0 Å². The van der Waals surface area contributed by atoms with Gasteiger partial charge in [-0.2, -0.15) is 12.6 Å². The predicted molar refractivity (Wildman–Crippen MR) is 69.6 cm³/mol. The topological polar surface area (TPSA) is 40.1 Å². The number of thiol groups is 1. The minimum Gasteiger partial charge on any atom is -0.550 e. The molecule has 0 aliphatic rings. The summed E-state index contributed by atoms with van der Waals surface area (Å²) in [6.45, 7) is 0. The van der Waals surface area contributed by atoms with Gasteiger partial charge < -0.3 is 9.90 Å².